The minimum absolute atomic E-state index is 0.233. The lowest BCUT2D eigenvalue weighted by atomic mass is 10.0. The zero-order chi connectivity index (χ0) is 15.9. The Balaban J connectivity index is 2.29. The van der Waals surface area contributed by atoms with Crippen LogP contribution in [0, 0.1) is 6.92 Å². The van der Waals surface area contributed by atoms with Gasteiger partial charge in [-0.3, -0.25) is 9.10 Å². The predicted molar refractivity (Wildman–Crippen MR) is 85.2 cm³/mol. The molecule has 0 saturated heterocycles. The van der Waals surface area contributed by atoms with E-state index in [1.54, 1.807) is 24.3 Å². The number of carbonyl (C=O) groups excluding carboxylic acids is 1. The molecular weight excluding hydrogens is 300 g/mol. The molecule has 0 fully saturated rings. The molecule has 6 heteroatoms. The number of nitrogens with zero attached hydrogens (tertiary/aromatic N) is 1. The summed E-state index contributed by atoms with van der Waals surface area (Å²) in [6, 6.07) is 12.4. The van der Waals surface area contributed by atoms with Gasteiger partial charge >= 0.3 is 0 Å². The van der Waals surface area contributed by atoms with Crippen molar-refractivity contribution in [3.8, 4) is 11.1 Å². The predicted octanol–water partition coefficient (Wildman–Crippen LogP) is 1.92. The van der Waals surface area contributed by atoms with E-state index in [4.69, 9.17) is 0 Å². The Morgan fingerprint density at radius 1 is 1.14 bits per heavy atom. The Morgan fingerprint density at radius 3 is 2.59 bits per heavy atom. The summed E-state index contributed by atoms with van der Waals surface area (Å²) in [7, 11) is -2.25. The second-order valence-corrected chi connectivity index (χ2v) is 7.03. The van der Waals surface area contributed by atoms with E-state index in [0.29, 0.717) is 11.3 Å². The lowest BCUT2D eigenvalue weighted by Gasteiger charge is -2.31. The van der Waals surface area contributed by atoms with E-state index < -0.39 is 10.0 Å². The summed E-state index contributed by atoms with van der Waals surface area (Å²) in [6.45, 7) is 1.72. The standard InChI is InChI=1S/C16H16N2O3S/c1-11-7-8-14-13(9-11)12-5-3-4-6-15(12)22(20,21)18(14)10-16(19)17-2/h3-9H,10H2,1-2H3,(H,17,19). The third kappa shape index (κ3) is 2.16. The molecule has 1 amide bonds. The van der Waals surface area contributed by atoms with Gasteiger partial charge in [-0.25, -0.2) is 8.42 Å². The number of nitrogens with one attached hydrogen (secondary N) is 1. The molecule has 0 unspecified atom stereocenters. The number of rotatable bonds is 2. The number of amides is 1. The molecule has 1 aliphatic rings. The molecule has 5 nitrogen and oxygen atoms in total. The molecule has 1 N–H and O–H groups in total. The van der Waals surface area contributed by atoms with Gasteiger partial charge in [-0.2, -0.15) is 0 Å². The van der Waals surface area contributed by atoms with Crippen LogP contribution in [0.15, 0.2) is 47.4 Å². The average molecular weight is 316 g/mol. The molecule has 1 heterocycles. The Kier molecular flexibility index (Phi) is 3.41. The van der Waals surface area contributed by atoms with Crippen LogP contribution in [0.3, 0.4) is 0 Å². The van der Waals surface area contributed by atoms with Gasteiger partial charge in [-0.05, 0) is 25.1 Å². The van der Waals surface area contributed by atoms with Crippen molar-refractivity contribution in [1.82, 2.24) is 5.32 Å². The number of hydrogen-bond donors (Lipinski definition) is 1. The van der Waals surface area contributed by atoms with Gasteiger partial charge in [0.2, 0.25) is 5.91 Å². The number of aryl methyl sites for hydroxylation is 1. The molecule has 22 heavy (non-hydrogen) atoms. The van der Waals surface area contributed by atoms with E-state index >= 15 is 0 Å². The number of anilines is 1. The monoisotopic (exact) mass is 316 g/mol. The van der Waals surface area contributed by atoms with Crippen molar-refractivity contribution in [3.05, 3.63) is 48.0 Å². The largest absolute Gasteiger partial charge is 0.358 e. The molecule has 0 atom stereocenters. The van der Waals surface area contributed by atoms with Crippen LogP contribution in [0.4, 0.5) is 5.69 Å². The molecule has 0 spiro atoms. The Hall–Kier alpha value is -2.34. The zero-order valence-corrected chi connectivity index (χ0v) is 13.1. The highest BCUT2D eigenvalue weighted by molar-refractivity contribution is 7.93. The molecule has 2 aromatic rings. The summed E-state index contributed by atoms with van der Waals surface area (Å²) >= 11 is 0. The highest BCUT2D eigenvalue weighted by atomic mass is 32.2. The van der Waals surface area contributed by atoms with Crippen molar-refractivity contribution in [3.63, 3.8) is 0 Å². The molecule has 3 rings (SSSR count). The number of fused-ring (bicyclic) bond motifs is 3. The molecule has 1 aliphatic heterocycles. The van der Waals surface area contributed by atoms with Crippen molar-refractivity contribution in [2.24, 2.45) is 0 Å². The van der Waals surface area contributed by atoms with E-state index in [1.165, 1.54) is 11.4 Å². The van der Waals surface area contributed by atoms with Gasteiger partial charge in [0.1, 0.15) is 6.54 Å². The van der Waals surface area contributed by atoms with Gasteiger partial charge in [0, 0.05) is 18.2 Å². The molecule has 0 radical (unpaired) electrons. The van der Waals surface area contributed by atoms with Crippen molar-refractivity contribution in [1.29, 1.82) is 0 Å². The summed E-state index contributed by atoms with van der Waals surface area (Å²) in [6.07, 6.45) is 0. The number of carbonyl (C=O) groups is 1. The SMILES string of the molecule is CNC(=O)CN1c2ccc(C)cc2-c2ccccc2S1(=O)=O. The Bertz CT molecular complexity index is 859. The molecule has 0 saturated carbocycles. The number of sulfonamides is 1. The van der Waals surface area contributed by atoms with Crippen LogP contribution in [0.25, 0.3) is 11.1 Å². The van der Waals surface area contributed by atoms with Crippen LogP contribution in [0.1, 0.15) is 5.56 Å². The minimum atomic E-state index is -3.74. The lowest BCUT2D eigenvalue weighted by molar-refractivity contribution is -0.119. The van der Waals surface area contributed by atoms with E-state index in [2.05, 4.69) is 5.32 Å². The Labute approximate surface area is 129 Å². The van der Waals surface area contributed by atoms with Crippen molar-refractivity contribution < 1.29 is 13.2 Å². The first kappa shape index (κ1) is 14.6. The first-order valence-corrected chi connectivity index (χ1v) is 8.32. The maximum absolute atomic E-state index is 12.8. The summed E-state index contributed by atoms with van der Waals surface area (Å²) in [5.74, 6) is -0.352. The smallest absolute Gasteiger partial charge is 0.265 e. The van der Waals surface area contributed by atoms with E-state index in [-0.39, 0.29) is 17.3 Å². The van der Waals surface area contributed by atoms with Gasteiger partial charge in [-0.15, -0.1) is 0 Å². The van der Waals surface area contributed by atoms with Crippen molar-refractivity contribution >= 4 is 21.6 Å². The average Bonchev–Trinajstić information content (AvgIpc) is 2.51. The van der Waals surface area contributed by atoms with Crippen LogP contribution < -0.4 is 9.62 Å². The fourth-order valence-electron chi connectivity index (χ4n) is 2.63. The molecule has 0 aliphatic carbocycles. The van der Waals surface area contributed by atoms with Crippen LogP contribution in [-0.2, 0) is 14.8 Å². The van der Waals surface area contributed by atoms with Gasteiger partial charge < -0.3 is 5.32 Å². The van der Waals surface area contributed by atoms with Crippen molar-refractivity contribution in [2.75, 3.05) is 17.9 Å². The molecular formula is C16H16N2O3S. The second-order valence-electron chi connectivity index (χ2n) is 5.20. The summed E-state index contributed by atoms with van der Waals surface area (Å²) < 4.78 is 26.9. The topological polar surface area (TPSA) is 66.5 Å². The highest BCUT2D eigenvalue weighted by Crippen LogP contribution is 2.43. The Morgan fingerprint density at radius 2 is 1.86 bits per heavy atom. The molecule has 114 valence electrons. The first-order valence-electron chi connectivity index (χ1n) is 6.88. The van der Waals surface area contributed by atoms with Gasteiger partial charge in [-0.1, -0.05) is 29.8 Å². The van der Waals surface area contributed by atoms with Crippen molar-refractivity contribution in [2.45, 2.75) is 11.8 Å². The quantitative estimate of drug-likeness (QED) is 0.920. The number of benzene rings is 2. The number of hydrogen-bond acceptors (Lipinski definition) is 3. The van der Waals surface area contributed by atoms with Crippen LogP contribution >= 0.6 is 0 Å². The summed E-state index contributed by atoms with van der Waals surface area (Å²) in [5, 5.41) is 2.47. The van der Waals surface area contributed by atoms with Crippen LogP contribution in [-0.4, -0.2) is 27.9 Å². The molecule has 0 aromatic heterocycles. The zero-order valence-electron chi connectivity index (χ0n) is 12.3. The van der Waals surface area contributed by atoms with Gasteiger partial charge in [0.25, 0.3) is 10.0 Å². The summed E-state index contributed by atoms with van der Waals surface area (Å²) in [4.78, 5) is 12.0. The fourth-order valence-corrected chi connectivity index (χ4v) is 4.27. The maximum Gasteiger partial charge on any atom is 0.265 e. The molecule has 2 aromatic carbocycles. The molecule has 0 bridgehead atoms. The normalized spacial score (nSPS) is 14.9. The summed E-state index contributed by atoms with van der Waals surface area (Å²) in [5.41, 5.74) is 3.07. The van der Waals surface area contributed by atoms with Crippen LogP contribution in [0.5, 0.6) is 0 Å². The van der Waals surface area contributed by atoms with E-state index in [1.807, 2.05) is 25.1 Å². The van der Waals surface area contributed by atoms with E-state index in [0.717, 1.165) is 11.1 Å². The highest BCUT2D eigenvalue weighted by Gasteiger charge is 2.35. The van der Waals surface area contributed by atoms with E-state index in [9.17, 15) is 13.2 Å². The third-order valence-corrected chi connectivity index (χ3v) is 5.55. The lowest BCUT2D eigenvalue weighted by Crippen LogP contribution is -2.41. The van der Waals surface area contributed by atoms with Gasteiger partial charge in [0.05, 0.1) is 10.6 Å². The maximum atomic E-state index is 12.8. The fraction of sp³-hybridized carbons (Fsp3) is 0.188. The second kappa shape index (κ2) is 5.14. The minimum Gasteiger partial charge on any atom is -0.358 e. The first-order chi connectivity index (χ1) is 10.4. The van der Waals surface area contributed by atoms with Crippen LogP contribution in [0.2, 0.25) is 0 Å². The number of likely N-dealkylation sites (N-methyl/N-ethyl adjacent to an activating group) is 1. The third-order valence-electron chi connectivity index (χ3n) is 3.73. The van der Waals surface area contributed by atoms with Gasteiger partial charge in [0.15, 0.2) is 0 Å².